The molecule has 1 amide bonds. The van der Waals surface area contributed by atoms with E-state index >= 15 is 0 Å². The van der Waals surface area contributed by atoms with Crippen LogP contribution >= 0.6 is 0 Å². The molecule has 7 heteroatoms. The maximum atomic E-state index is 13.1. The zero-order valence-corrected chi connectivity index (χ0v) is 12.3. The molecule has 0 aliphatic rings. The number of carbonyl (C=O) groups excluding carboxylic acids is 1. The van der Waals surface area contributed by atoms with Gasteiger partial charge in [-0.2, -0.15) is 13.2 Å². The van der Waals surface area contributed by atoms with Crippen molar-refractivity contribution in [2.24, 2.45) is 0 Å². The van der Waals surface area contributed by atoms with Gasteiger partial charge in [0.15, 0.2) is 0 Å². The Morgan fingerprint density at radius 1 is 1.29 bits per heavy atom. The molecule has 0 aromatic heterocycles. The van der Waals surface area contributed by atoms with E-state index in [9.17, 15) is 18.0 Å². The van der Waals surface area contributed by atoms with E-state index in [1.54, 1.807) is 25.1 Å². The summed E-state index contributed by atoms with van der Waals surface area (Å²) in [5.41, 5.74) is -0.0133. The second-order valence-corrected chi connectivity index (χ2v) is 4.71. The molecule has 0 fully saturated rings. The molecule has 21 heavy (non-hydrogen) atoms. The van der Waals surface area contributed by atoms with E-state index in [1.165, 1.54) is 13.1 Å². The molecule has 0 heterocycles. The summed E-state index contributed by atoms with van der Waals surface area (Å²) in [6.07, 6.45) is -4.17. The van der Waals surface area contributed by atoms with Gasteiger partial charge >= 0.3 is 6.18 Å². The summed E-state index contributed by atoms with van der Waals surface area (Å²) in [4.78, 5) is 12.8. The van der Waals surface area contributed by atoms with Gasteiger partial charge in [-0.1, -0.05) is 6.07 Å². The summed E-state index contributed by atoms with van der Waals surface area (Å²) in [7, 11) is 4.79. The molecular weight excluding hydrogens is 283 g/mol. The molecule has 0 bridgehead atoms. The van der Waals surface area contributed by atoms with Crippen molar-refractivity contribution in [1.29, 1.82) is 0 Å². The van der Waals surface area contributed by atoms with E-state index in [0.717, 1.165) is 6.07 Å². The van der Waals surface area contributed by atoms with Crippen LogP contribution in [0.4, 0.5) is 18.9 Å². The summed E-state index contributed by atoms with van der Waals surface area (Å²) in [6.45, 7) is 0.499. The molecule has 1 aromatic rings. The number of carbonyl (C=O) groups is 1. The van der Waals surface area contributed by atoms with Gasteiger partial charge in [-0.05, 0) is 24.7 Å². The predicted octanol–water partition coefficient (Wildman–Crippen LogP) is 2.00. The van der Waals surface area contributed by atoms with Crippen molar-refractivity contribution in [3.63, 3.8) is 0 Å². The van der Waals surface area contributed by atoms with Crippen molar-refractivity contribution >= 4 is 11.6 Å². The zero-order chi connectivity index (χ0) is 16.0. The SMILES string of the molecule is CNCc1ccc(N(C)CCC(=O)NC)cc1C(F)(F)F. The van der Waals surface area contributed by atoms with Crippen LogP contribution in [-0.4, -0.2) is 33.6 Å². The first-order valence-corrected chi connectivity index (χ1v) is 6.56. The predicted molar refractivity (Wildman–Crippen MR) is 76.2 cm³/mol. The number of rotatable bonds is 6. The summed E-state index contributed by atoms with van der Waals surface area (Å²) < 4.78 is 39.2. The van der Waals surface area contributed by atoms with Crippen LogP contribution < -0.4 is 15.5 Å². The molecule has 0 unspecified atom stereocenters. The molecular formula is C14H20F3N3O. The monoisotopic (exact) mass is 303 g/mol. The largest absolute Gasteiger partial charge is 0.416 e. The lowest BCUT2D eigenvalue weighted by Crippen LogP contribution is -2.26. The van der Waals surface area contributed by atoms with Gasteiger partial charge in [-0.15, -0.1) is 0 Å². The van der Waals surface area contributed by atoms with Gasteiger partial charge in [0.2, 0.25) is 5.91 Å². The molecule has 0 aliphatic heterocycles. The smallest absolute Gasteiger partial charge is 0.374 e. The van der Waals surface area contributed by atoms with Crippen LogP contribution in [0.2, 0.25) is 0 Å². The lowest BCUT2D eigenvalue weighted by molar-refractivity contribution is -0.138. The first-order valence-electron chi connectivity index (χ1n) is 6.56. The van der Waals surface area contributed by atoms with Crippen molar-refractivity contribution < 1.29 is 18.0 Å². The topological polar surface area (TPSA) is 44.4 Å². The fourth-order valence-electron chi connectivity index (χ4n) is 1.93. The highest BCUT2D eigenvalue weighted by atomic mass is 19.4. The lowest BCUT2D eigenvalue weighted by atomic mass is 10.1. The summed E-state index contributed by atoms with van der Waals surface area (Å²) in [6, 6.07) is 4.22. The van der Waals surface area contributed by atoms with E-state index in [1.807, 2.05) is 0 Å². The van der Waals surface area contributed by atoms with Gasteiger partial charge in [-0.3, -0.25) is 4.79 Å². The quantitative estimate of drug-likeness (QED) is 0.845. The van der Waals surface area contributed by atoms with Crippen molar-refractivity contribution in [2.75, 3.05) is 32.6 Å². The van der Waals surface area contributed by atoms with Crippen molar-refractivity contribution in [2.45, 2.75) is 19.1 Å². The Kier molecular flexibility index (Phi) is 6.02. The van der Waals surface area contributed by atoms with Crippen molar-refractivity contribution in [1.82, 2.24) is 10.6 Å². The van der Waals surface area contributed by atoms with Crippen LogP contribution in [0.15, 0.2) is 18.2 Å². The number of halogens is 3. The van der Waals surface area contributed by atoms with Gasteiger partial charge in [-0.25, -0.2) is 0 Å². The summed E-state index contributed by atoms with van der Waals surface area (Å²) in [5.74, 6) is -0.148. The third-order valence-electron chi connectivity index (χ3n) is 3.16. The maximum absolute atomic E-state index is 13.1. The number of amides is 1. The first kappa shape index (κ1) is 17.3. The molecule has 118 valence electrons. The Balaban J connectivity index is 2.96. The minimum absolute atomic E-state index is 0.148. The third kappa shape index (κ3) is 4.93. The Morgan fingerprint density at radius 3 is 2.48 bits per heavy atom. The number of benzene rings is 1. The van der Waals surface area contributed by atoms with Gasteiger partial charge in [0.05, 0.1) is 5.56 Å². The lowest BCUT2D eigenvalue weighted by Gasteiger charge is -2.22. The molecule has 0 radical (unpaired) electrons. The summed E-state index contributed by atoms with van der Waals surface area (Å²) >= 11 is 0. The number of hydrogen-bond donors (Lipinski definition) is 2. The van der Waals surface area contributed by atoms with Crippen LogP contribution in [0.25, 0.3) is 0 Å². The molecule has 0 saturated carbocycles. The average Bonchev–Trinajstić information content (AvgIpc) is 2.43. The van der Waals surface area contributed by atoms with E-state index in [2.05, 4.69) is 10.6 Å². The van der Waals surface area contributed by atoms with Crippen molar-refractivity contribution in [3.05, 3.63) is 29.3 Å². The highest BCUT2D eigenvalue weighted by molar-refractivity contribution is 5.76. The zero-order valence-electron chi connectivity index (χ0n) is 12.3. The first-order chi connectivity index (χ1) is 9.79. The van der Waals surface area contributed by atoms with Gasteiger partial charge in [0, 0.05) is 39.3 Å². The van der Waals surface area contributed by atoms with Crippen LogP contribution in [0.5, 0.6) is 0 Å². The molecule has 0 aliphatic carbocycles. The third-order valence-corrected chi connectivity index (χ3v) is 3.16. The Labute approximate surface area is 122 Å². The minimum Gasteiger partial charge on any atom is -0.374 e. The fourth-order valence-corrected chi connectivity index (χ4v) is 1.93. The van der Waals surface area contributed by atoms with Crippen LogP contribution in [-0.2, 0) is 17.5 Å². The van der Waals surface area contributed by atoms with Crippen LogP contribution in [0, 0.1) is 0 Å². The highest BCUT2D eigenvalue weighted by Crippen LogP contribution is 2.34. The number of anilines is 1. The van der Waals surface area contributed by atoms with E-state index in [4.69, 9.17) is 0 Å². The van der Waals surface area contributed by atoms with Crippen LogP contribution in [0.1, 0.15) is 17.5 Å². The average molecular weight is 303 g/mol. The number of hydrogen-bond acceptors (Lipinski definition) is 3. The maximum Gasteiger partial charge on any atom is 0.416 e. The Bertz CT molecular complexity index is 489. The van der Waals surface area contributed by atoms with Gasteiger partial charge < -0.3 is 15.5 Å². The Hall–Kier alpha value is -1.76. The number of nitrogens with zero attached hydrogens (tertiary/aromatic N) is 1. The fraction of sp³-hybridized carbons (Fsp3) is 0.500. The van der Waals surface area contributed by atoms with E-state index < -0.39 is 11.7 Å². The molecule has 0 atom stereocenters. The van der Waals surface area contributed by atoms with E-state index in [0.29, 0.717) is 12.2 Å². The molecule has 2 N–H and O–H groups in total. The molecule has 4 nitrogen and oxygen atoms in total. The highest BCUT2D eigenvalue weighted by Gasteiger charge is 2.33. The van der Waals surface area contributed by atoms with Crippen LogP contribution in [0.3, 0.4) is 0 Å². The normalized spacial score (nSPS) is 11.3. The number of nitrogens with one attached hydrogen (secondary N) is 2. The minimum atomic E-state index is -4.40. The van der Waals surface area contributed by atoms with Crippen molar-refractivity contribution in [3.8, 4) is 0 Å². The molecule has 1 rings (SSSR count). The second kappa shape index (κ2) is 7.31. The Morgan fingerprint density at radius 2 is 1.95 bits per heavy atom. The molecule has 1 aromatic carbocycles. The molecule has 0 spiro atoms. The van der Waals surface area contributed by atoms with Gasteiger partial charge in [0.1, 0.15) is 0 Å². The number of alkyl halides is 3. The molecule has 0 saturated heterocycles. The van der Waals surface area contributed by atoms with Gasteiger partial charge in [0.25, 0.3) is 0 Å². The second-order valence-electron chi connectivity index (χ2n) is 4.71. The summed E-state index contributed by atoms with van der Waals surface area (Å²) in [5, 5.41) is 5.21. The van der Waals surface area contributed by atoms with E-state index in [-0.39, 0.29) is 24.4 Å². The standard InChI is InChI=1S/C14H20F3N3O/c1-18-9-10-4-5-11(8-12(10)14(15,16)17)20(3)7-6-13(21)19-2/h4-5,8,18H,6-7,9H2,1-3H3,(H,19,21).